The van der Waals surface area contributed by atoms with Crippen molar-refractivity contribution in [2.45, 2.75) is 0 Å². The number of hydrogen-bond acceptors (Lipinski definition) is 4. The van der Waals surface area contributed by atoms with Gasteiger partial charge in [-0.15, -0.1) is 0 Å². The molecule has 0 saturated heterocycles. The molecule has 0 bridgehead atoms. The van der Waals surface area contributed by atoms with Gasteiger partial charge in [-0.1, -0.05) is 23.7 Å². The zero-order chi connectivity index (χ0) is 12.9. The van der Waals surface area contributed by atoms with Crippen molar-refractivity contribution in [3.8, 4) is 11.5 Å². The maximum absolute atomic E-state index is 12.2. The van der Waals surface area contributed by atoms with Crippen molar-refractivity contribution in [2.75, 3.05) is 0 Å². The Balaban J connectivity index is 2.65. The summed E-state index contributed by atoms with van der Waals surface area (Å²) >= 11 is 5.70. The molecule has 0 atom stereocenters. The molecule has 0 unspecified atom stereocenters. The number of fused-ring (bicyclic) bond motifs is 2. The van der Waals surface area contributed by atoms with Crippen LogP contribution in [0.15, 0.2) is 39.5 Å². The highest BCUT2D eigenvalue weighted by Gasteiger charge is 2.16. The molecule has 3 aromatic rings. The minimum absolute atomic E-state index is 0.0310. The number of benzene rings is 2. The first-order valence-electron chi connectivity index (χ1n) is 5.15. The van der Waals surface area contributed by atoms with Gasteiger partial charge >= 0.3 is 0 Å². The van der Waals surface area contributed by atoms with Crippen molar-refractivity contribution in [1.82, 2.24) is 0 Å². The van der Waals surface area contributed by atoms with Gasteiger partial charge in [0, 0.05) is 6.07 Å². The van der Waals surface area contributed by atoms with E-state index in [1.807, 2.05) is 0 Å². The predicted molar refractivity (Wildman–Crippen MR) is 68.3 cm³/mol. The molecule has 1 aromatic heterocycles. The fourth-order valence-electron chi connectivity index (χ4n) is 1.90. The molecule has 0 spiro atoms. The molecule has 1 heterocycles. The van der Waals surface area contributed by atoms with E-state index in [9.17, 15) is 15.0 Å². The summed E-state index contributed by atoms with van der Waals surface area (Å²) < 4.78 is 5.47. The van der Waals surface area contributed by atoms with Gasteiger partial charge in [0.15, 0.2) is 5.75 Å². The molecule has 3 rings (SSSR count). The lowest BCUT2D eigenvalue weighted by molar-refractivity contribution is 0.453. The number of hydrogen-bond donors (Lipinski definition) is 2. The summed E-state index contributed by atoms with van der Waals surface area (Å²) in [6, 6.07) is 7.88. The van der Waals surface area contributed by atoms with Crippen LogP contribution < -0.4 is 5.43 Å². The third kappa shape index (κ3) is 1.36. The van der Waals surface area contributed by atoms with Crippen LogP contribution in [0.4, 0.5) is 0 Å². The third-order valence-electron chi connectivity index (χ3n) is 2.76. The summed E-state index contributed by atoms with van der Waals surface area (Å²) in [5.41, 5.74) is 0.0977. The maximum Gasteiger partial charge on any atom is 0.204 e. The minimum atomic E-state index is -0.467. The standard InChI is InChI=1S/C13H7ClO4/c14-11-7(15)5-9-10(13(11)17)12(16)6-3-1-2-4-8(6)18-9/h1-5,15,17H. The van der Waals surface area contributed by atoms with E-state index in [0.717, 1.165) is 0 Å². The molecule has 2 N–H and O–H groups in total. The molecule has 0 aliphatic carbocycles. The average Bonchev–Trinajstić information content (AvgIpc) is 2.36. The van der Waals surface area contributed by atoms with Gasteiger partial charge < -0.3 is 14.6 Å². The van der Waals surface area contributed by atoms with Gasteiger partial charge in [-0.2, -0.15) is 0 Å². The number of rotatable bonds is 0. The molecule has 0 aliphatic heterocycles. The van der Waals surface area contributed by atoms with Gasteiger partial charge in [0.05, 0.1) is 5.39 Å². The van der Waals surface area contributed by atoms with Crippen LogP contribution in [-0.4, -0.2) is 10.2 Å². The van der Waals surface area contributed by atoms with Crippen molar-refractivity contribution in [2.24, 2.45) is 0 Å². The van der Waals surface area contributed by atoms with Gasteiger partial charge in [0.1, 0.15) is 27.3 Å². The smallest absolute Gasteiger partial charge is 0.204 e. The van der Waals surface area contributed by atoms with Gasteiger partial charge in [0.25, 0.3) is 0 Å². The van der Waals surface area contributed by atoms with Gasteiger partial charge in [0.2, 0.25) is 5.43 Å². The van der Waals surface area contributed by atoms with E-state index in [0.29, 0.717) is 11.0 Å². The van der Waals surface area contributed by atoms with Crippen LogP contribution in [0.3, 0.4) is 0 Å². The number of halogens is 1. The zero-order valence-corrected chi connectivity index (χ0v) is 9.73. The topological polar surface area (TPSA) is 70.7 Å². The van der Waals surface area contributed by atoms with Crippen LogP contribution in [-0.2, 0) is 0 Å². The summed E-state index contributed by atoms with van der Waals surface area (Å²) in [4.78, 5) is 12.2. The Hall–Kier alpha value is -2.20. The molecule has 0 radical (unpaired) electrons. The van der Waals surface area contributed by atoms with E-state index in [1.54, 1.807) is 24.3 Å². The molecular formula is C13H7ClO4. The Bertz CT molecular complexity index is 836. The normalized spacial score (nSPS) is 11.2. The van der Waals surface area contributed by atoms with E-state index in [4.69, 9.17) is 16.0 Å². The molecule has 4 nitrogen and oxygen atoms in total. The molecule has 0 saturated carbocycles. The van der Waals surface area contributed by atoms with Crippen molar-refractivity contribution in [3.05, 3.63) is 45.6 Å². The van der Waals surface area contributed by atoms with Crippen molar-refractivity contribution in [1.29, 1.82) is 0 Å². The van der Waals surface area contributed by atoms with E-state index < -0.39 is 5.75 Å². The van der Waals surface area contributed by atoms with E-state index >= 15 is 0 Å². The van der Waals surface area contributed by atoms with E-state index in [2.05, 4.69) is 0 Å². The van der Waals surface area contributed by atoms with E-state index in [1.165, 1.54) is 6.07 Å². The van der Waals surface area contributed by atoms with Crippen LogP contribution in [0, 0.1) is 0 Å². The zero-order valence-electron chi connectivity index (χ0n) is 8.98. The highest BCUT2D eigenvalue weighted by atomic mass is 35.5. The number of aromatic hydroxyl groups is 2. The largest absolute Gasteiger partial charge is 0.506 e. The summed E-state index contributed by atoms with van der Waals surface area (Å²) in [7, 11) is 0. The Morgan fingerprint density at radius 2 is 1.83 bits per heavy atom. The van der Waals surface area contributed by atoms with Gasteiger partial charge in [-0.25, -0.2) is 0 Å². The van der Waals surface area contributed by atoms with Crippen LogP contribution in [0.5, 0.6) is 11.5 Å². The molecule has 2 aromatic carbocycles. The van der Waals surface area contributed by atoms with Crippen molar-refractivity contribution < 1.29 is 14.6 Å². The lowest BCUT2D eigenvalue weighted by Gasteiger charge is -2.05. The highest BCUT2D eigenvalue weighted by Crippen LogP contribution is 2.38. The SMILES string of the molecule is O=c1c2ccccc2oc2cc(O)c(Cl)c(O)c12. The van der Waals surface area contributed by atoms with E-state index in [-0.39, 0.29) is 27.2 Å². The molecule has 90 valence electrons. The predicted octanol–water partition coefficient (Wildman–Crippen LogP) is 3.01. The Morgan fingerprint density at radius 1 is 1.11 bits per heavy atom. The second kappa shape index (κ2) is 3.65. The number of para-hydroxylation sites is 1. The quantitative estimate of drug-likeness (QED) is 0.611. The minimum Gasteiger partial charge on any atom is -0.506 e. The fourth-order valence-corrected chi connectivity index (χ4v) is 2.05. The lowest BCUT2D eigenvalue weighted by Crippen LogP contribution is -2.02. The number of phenols is 2. The van der Waals surface area contributed by atoms with Crippen molar-refractivity contribution in [3.63, 3.8) is 0 Å². The first-order chi connectivity index (χ1) is 8.59. The second-order valence-electron chi connectivity index (χ2n) is 3.86. The molecule has 0 fully saturated rings. The fraction of sp³-hybridized carbons (Fsp3) is 0. The third-order valence-corrected chi connectivity index (χ3v) is 3.14. The molecule has 0 aliphatic rings. The molecule has 0 amide bonds. The Morgan fingerprint density at radius 3 is 2.61 bits per heavy atom. The van der Waals surface area contributed by atoms with Crippen LogP contribution >= 0.6 is 11.6 Å². The van der Waals surface area contributed by atoms with Crippen LogP contribution in [0.25, 0.3) is 21.9 Å². The Kier molecular flexibility index (Phi) is 2.21. The van der Waals surface area contributed by atoms with Crippen LogP contribution in [0.1, 0.15) is 0 Å². The monoisotopic (exact) mass is 262 g/mol. The van der Waals surface area contributed by atoms with Gasteiger partial charge in [-0.3, -0.25) is 4.79 Å². The van der Waals surface area contributed by atoms with Crippen molar-refractivity contribution >= 4 is 33.5 Å². The highest BCUT2D eigenvalue weighted by molar-refractivity contribution is 6.34. The summed E-state index contributed by atoms with van der Waals surface area (Å²) in [6.45, 7) is 0. The first kappa shape index (κ1) is 10.9. The Labute approximate surface area is 106 Å². The molecular weight excluding hydrogens is 256 g/mol. The maximum atomic E-state index is 12.2. The second-order valence-corrected chi connectivity index (χ2v) is 4.24. The summed E-state index contributed by atoms with van der Waals surface area (Å²) in [5.74, 6) is -0.800. The molecule has 18 heavy (non-hydrogen) atoms. The lowest BCUT2D eigenvalue weighted by atomic mass is 10.1. The summed E-state index contributed by atoms with van der Waals surface area (Å²) in [6.07, 6.45) is 0. The van der Waals surface area contributed by atoms with Crippen LogP contribution in [0.2, 0.25) is 5.02 Å². The molecule has 5 heteroatoms. The average molecular weight is 263 g/mol. The summed E-state index contributed by atoms with van der Waals surface area (Å²) in [5, 5.41) is 19.4. The van der Waals surface area contributed by atoms with Gasteiger partial charge in [-0.05, 0) is 12.1 Å². The number of phenolic OH excluding ortho intramolecular Hbond substituents is 2. The first-order valence-corrected chi connectivity index (χ1v) is 5.53.